The molecule has 2 N–H and O–H groups in total. The van der Waals surface area contributed by atoms with Gasteiger partial charge in [0.2, 0.25) is 5.91 Å². The van der Waals surface area contributed by atoms with E-state index in [9.17, 15) is 9.90 Å². The number of carbonyl (C=O) groups excluding carboxylic acids is 1. The Hall–Kier alpha value is -2.25. The lowest BCUT2D eigenvalue weighted by molar-refractivity contribution is -0.113. The van der Waals surface area contributed by atoms with Crippen LogP contribution in [0.3, 0.4) is 0 Å². The number of benzene rings is 1. The Morgan fingerprint density at radius 3 is 3.04 bits per heavy atom. The molecule has 0 unspecified atom stereocenters. The number of anilines is 1. The molecule has 23 heavy (non-hydrogen) atoms. The highest BCUT2D eigenvalue weighted by molar-refractivity contribution is 7.99. The minimum atomic E-state index is -0.264. The normalized spacial score (nSPS) is 10.9. The third kappa shape index (κ3) is 3.40. The summed E-state index contributed by atoms with van der Waals surface area (Å²) < 4.78 is 1.80. The molecule has 3 aromatic rings. The van der Waals surface area contributed by atoms with E-state index in [-0.39, 0.29) is 17.4 Å². The number of nitrogens with one attached hydrogen (secondary N) is 1. The molecule has 8 heteroatoms. The molecule has 1 aromatic carbocycles. The van der Waals surface area contributed by atoms with E-state index < -0.39 is 0 Å². The fourth-order valence-electron chi connectivity index (χ4n) is 2.07. The van der Waals surface area contributed by atoms with Crippen LogP contribution in [0.25, 0.3) is 5.65 Å². The summed E-state index contributed by atoms with van der Waals surface area (Å²) >= 11 is 7.20. The van der Waals surface area contributed by atoms with Crippen molar-refractivity contribution in [2.45, 2.75) is 12.1 Å². The molecule has 1 amide bonds. The maximum Gasteiger partial charge on any atom is 0.234 e. The molecule has 6 nitrogen and oxygen atoms in total. The van der Waals surface area contributed by atoms with Gasteiger partial charge in [0, 0.05) is 11.2 Å². The molecule has 0 saturated carbocycles. The number of thioether (sulfide) groups is 1. The Balaban J connectivity index is 1.68. The number of rotatable bonds is 4. The summed E-state index contributed by atoms with van der Waals surface area (Å²) in [7, 11) is 0. The number of aromatic nitrogens is 3. The van der Waals surface area contributed by atoms with Crippen molar-refractivity contribution in [1.82, 2.24) is 14.6 Å². The van der Waals surface area contributed by atoms with Gasteiger partial charge >= 0.3 is 0 Å². The number of carbonyl (C=O) groups is 1. The Morgan fingerprint density at radius 2 is 2.22 bits per heavy atom. The van der Waals surface area contributed by atoms with Gasteiger partial charge < -0.3 is 10.4 Å². The number of amides is 1. The van der Waals surface area contributed by atoms with Crippen molar-refractivity contribution < 1.29 is 9.90 Å². The molecule has 0 bridgehead atoms. The molecule has 0 saturated heterocycles. The van der Waals surface area contributed by atoms with Gasteiger partial charge in [0.1, 0.15) is 5.75 Å². The molecule has 0 spiro atoms. The van der Waals surface area contributed by atoms with Crippen LogP contribution in [-0.2, 0) is 4.79 Å². The van der Waals surface area contributed by atoms with E-state index in [0.29, 0.717) is 21.4 Å². The van der Waals surface area contributed by atoms with E-state index in [0.717, 1.165) is 5.65 Å². The van der Waals surface area contributed by atoms with Crippen LogP contribution in [0, 0.1) is 6.92 Å². The number of pyridine rings is 1. The Morgan fingerprint density at radius 1 is 1.39 bits per heavy atom. The first-order valence-corrected chi connectivity index (χ1v) is 8.12. The molecule has 0 aliphatic heterocycles. The zero-order chi connectivity index (χ0) is 16.4. The fourth-order valence-corrected chi connectivity index (χ4v) is 3.06. The van der Waals surface area contributed by atoms with Gasteiger partial charge in [-0.1, -0.05) is 29.4 Å². The van der Waals surface area contributed by atoms with E-state index in [2.05, 4.69) is 15.5 Å². The molecule has 2 aromatic heterocycles. The fraction of sp³-hybridized carbons (Fsp3) is 0.133. The summed E-state index contributed by atoms with van der Waals surface area (Å²) in [5.41, 5.74) is 1.62. The number of aromatic hydroxyl groups is 1. The molecule has 0 fully saturated rings. The monoisotopic (exact) mass is 348 g/mol. The topological polar surface area (TPSA) is 79.5 Å². The van der Waals surface area contributed by atoms with Gasteiger partial charge in [-0.25, -0.2) is 0 Å². The van der Waals surface area contributed by atoms with Gasteiger partial charge in [-0.15, -0.1) is 10.2 Å². The second-order valence-corrected chi connectivity index (χ2v) is 6.25. The van der Waals surface area contributed by atoms with Crippen LogP contribution in [0.2, 0.25) is 5.02 Å². The van der Waals surface area contributed by atoms with Gasteiger partial charge in [0.05, 0.1) is 11.4 Å². The molecule has 3 rings (SSSR count). The molecule has 0 radical (unpaired) electrons. The minimum absolute atomic E-state index is 0.0145. The highest BCUT2D eigenvalue weighted by atomic mass is 35.5. The number of phenols is 1. The maximum atomic E-state index is 12.1. The summed E-state index contributed by atoms with van der Waals surface area (Å²) in [5, 5.41) is 21.8. The summed E-state index contributed by atoms with van der Waals surface area (Å²) in [4.78, 5) is 12.1. The SMILES string of the molecule is Cc1cc(Cl)cc(NC(=O)CSc2nnc3ccccn23)c1O. The number of fused-ring (bicyclic) bond motifs is 1. The number of phenolic OH excluding ortho intramolecular Hbond substituents is 1. The summed E-state index contributed by atoms with van der Waals surface area (Å²) in [6, 6.07) is 8.72. The van der Waals surface area contributed by atoms with Crippen LogP contribution in [0.15, 0.2) is 41.7 Å². The molecule has 2 heterocycles. The lowest BCUT2D eigenvalue weighted by Gasteiger charge is -2.09. The molecular formula is C15H13ClN4O2S. The van der Waals surface area contributed by atoms with Gasteiger partial charge in [-0.2, -0.15) is 0 Å². The van der Waals surface area contributed by atoms with Gasteiger partial charge in [-0.3, -0.25) is 9.20 Å². The summed E-state index contributed by atoms with van der Waals surface area (Å²) in [6.45, 7) is 1.72. The molecule has 0 aliphatic rings. The minimum Gasteiger partial charge on any atom is -0.505 e. The van der Waals surface area contributed by atoms with E-state index in [1.807, 2.05) is 24.4 Å². The van der Waals surface area contributed by atoms with Crippen LogP contribution in [0.5, 0.6) is 5.75 Å². The van der Waals surface area contributed by atoms with Crippen molar-refractivity contribution >= 4 is 40.6 Å². The zero-order valence-electron chi connectivity index (χ0n) is 12.2. The molecular weight excluding hydrogens is 336 g/mol. The van der Waals surface area contributed by atoms with Crippen molar-refractivity contribution in [2.75, 3.05) is 11.1 Å². The third-order valence-electron chi connectivity index (χ3n) is 3.15. The molecule has 0 aliphatic carbocycles. The molecule has 118 valence electrons. The second kappa shape index (κ2) is 6.47. The predicted octanol–water partition coefficient (Wildman–Crippen LogP) is 3.13. The Labute approximate surface area is 141 Å². The quantitative estimate of drug-likeness (QED) is 0.559. The highest BCUT2D eigenvalue weighted by Crippen LogP contribution is 2.31. The first-order valence-electron chi connectivity index (χ1n) is 6.76. The van der Waals surface area contributed by atoms with Crippen LogP contribution in [0.1, 0.15) is 5.56 Å². The van der Waals surface area contributed by atoms with Gasteiger partial charge in [-0.05, 0) is 36.8 Å². The number of hydrogen-bond acceptors (Lipinski definition) is 5. The first kappa shape index (κ1) is 15.6. The van der Waals surface area contributed by atoms with Crippen LogP contribution >= 0.6 is 23.4 Å². The number of hydrogen-bond donors (Lipinski definition) is 2. The van der Waals surface area contributed by atoms with Crippen molar-refractivity contribution in [3.8, 4) is 5.75 Å². The van der Waals surface area contributed by atoms with Crippen molar-refractivity contribution in [1.29, 1.82) is 0 Å². The largest absolute Gasteiger partial charge is 0.505 e. The Bertz CT molecular complexity index is 881. The maximum absolute atomic E-state index is 12.1. The van der Waals surface area contributed by atoms with Crippen molar-refractivity contribution in [3.05, 3.63) is 47.1 Å². The smallest absolute Gasteiger partial charge is 0.234 e. The summed E-state index contributed by atoms with van der Waals surface area (Å²) in [5.74, 6) is -0.110. The van der Waals surface area contributed by atoms with Crippen LogP contribution in [0.4, 0.5) is 5.69 Å². The standard InChI is InChI=1S/C15H13ClN4O2S/c1-9-6-10(16)7-11(14(9)22)17-13(21)8-23-15-19-18-12-4-2-3-5-20(12)15/h2-7,22H,8H2,1H3,(H,17,21). The second-order valence-electron chi connectivity index (χ2n) is 4.87. The zero-order valence-corrected chi connectivity index (χ0v) is 13.7. The first-order chi connectivity index (χ1) is 11.0. The average Bonchev–Trinajstić information content (AvgIpc) is 2.93. The average molecular weight is 349 g/mol. The van der Waals surface area contributed by atoms with Gasteiger partial charge in [0.25, 0.3) is 0 Å². The molecule has 0 atom stereocenters. The highest BCUT2D eigenvalue weighted by Gasteiger charge is 2.12. The number of aryl methyl sites for hydroxylation is 1. The predicted molar refractivity (Wildman–Crippen MR) is 90.2 cm³/mol. The van der Waals surface area contributed by atoms with Crippen LogP contribution < -0.4 is 5.32 Å². The van der Waals surface area contributed by atoms with Crippen LogP contribution in [-0.4, -0.2) is 31.4 Å². The Kier molecular flexibility index (Phi) is 4.40. The van der Waals surface area contributed by atoms with E-state index in [1.54, 1.807) is 17.4 Å². The van der Waals surface area contributed by atoms with E-state index in [1.165, 1.54) is 17.8 Å². The lowest BCUT2D eigenvalue weighted by atomic mass is 10.2. The summed E-state index contributed by atoms with van der Waals surface area (Å²) in [6.07, 6.45) is 1.84. The number of halogens is 1. The number of nitrogens with zero attached hydrogens (tertiary/aromatic N) is 3. The van der Waals surface area contributed by atoms with Crippen molar-refractivity contribution in [2.24, 2.45) is 0 Å². The van der Waals surface area contributed by atoms with E-state index >= 15 is 0 Å². The van der Waals surface area contributed by atoms with E-state index in [4.69, 9.17) is 11.6 Å². The third-order valence-corrected chi connectivity index (χ3v) is 4.32. The van der Waals surface area contributed by atoms with Gasteiger partial charge in [0.15, 0.2) is 10.8 Å². The lowest BCUT2D eigenvalue weighted by Crippen LogP contribution is -2.14. The van der Waals surface area contributed by atoms with Crippen molar-refractivity contribution in [3.63, 3.8) is 0 Å².